The number of urea groups is 1. The van der Waals surface area contributed by atoms with Crippen molar-refractivity contribution in [3.8, 4) is 0 Å². The number of aromatic nitrogens is 1. The van der Waals surface area contributed by atoms with Gasteiger partial charge in [0.05, 0.1) is 10.6 Å². The molecule has 4 amide bonds. The van der Waals surface area contributed by atoms with Crippen molar-refractivity contribution < 1.29 is 36.0 Å². The van der Waals surface area contributed by atoms with E-state index in [0.717, 1.165) is 12.1 Å². The van der Waals surface area contributed by atoms with Gasteiger partial charge in [-0.25, -0.2) is 18.1 Å². The minimum absolute atomic E-state index is 0.00112. The third-order valence-corrected chi connectivity index (χ3v) is 6.31. The fraction of sp³-hybridized carbons (Fsp3) is 0.263. The molecular formula is C19H17F3N4O5S. The topological polar surface area (TPSA) is 126 Å². The molecule has 3 rings (SSSR count). The molecule has 1 fully saturated rings. The zero-order chi connectivity index (χ0) is 23.9. The van der Waals surface area contributed by atoms with Crippen LogP contribution in [-0.2, 0) is 21.1 Å². The number of alkyl halides is 3. The summed E-state index contributed by atoms with van der Waals surface area (Å²) in [7, 11) is -4.13. The van der Waals surface area contributed by atoms with Gasteiger partial charge in [-0.1, -0.05) is 0 Å². The highest BCUT2D eigenvalue weighted by atomic mass is 32.2. The van der Waals surface area contributed by atoms with E-state index in [-0.39, 0.29) is 17.8 Å². The van der Waals surface area contributed by atoms with Crippen LogP contribution in [0.1, 0.15) is 23.0 Å². The van der Waals surface area contributed by atoms with Crippen molar-refractivity contribution in [2.75, 3.05) is 11.9 Å². The Balaban J connectivity index is 1.87. The highest BCUT2D eigenvalue weighted by molar-refractivity contribution is 7.92. The molecule has 0 bridgehead atoms. The van der Waals surface area contributed by atoms with Crippen LogP contribution in [-0.4, -0.2) is 49.3 Å². The smallest absolute Gasteiger partial charge is 0.354 e. The van der Waals surface area contributed by atoms with Crippen molar-refractivity contribution in [2.45, 2.75) is 29.3 Å². The first-order valence-electron chi connectivity index (χ1n) is 9.05. The van der Waals surface area contributed by atoms with Crippen LogP contribution >= 0.6 is 0 Å². The fourth-order valence-corrected chi connectivity index (χ4v) is 3.95. The van der Waals surface area contributed by atoms with Gasteiger partial charge in [-0.15, -0.1) is 0 Å². The Hall–Kier alpha value is -3.48. The third kappa shape index (κ3) is 4.02. The average Bonchev–Trinajstić information content (AvgIpc) is 2.94. The summed E-state index contributed by atoms with van der Waals surface area (Å²) in [6, 6.07) is 5.43. The summed E-state index contributed by atoms with van der Waals surface area (Å²) in [4.78, 5) is 40.9. The number of rotatable bonds is 5. The molecule has 0 spiro atoms. The molecule has 1 unspecified atom stereocenters. The van der Waals surface area contributed by atoms with E-state index in [2.05, 4.69) is 15.6 Å². The van der Waals surface area contributed by atoms with Gasteiger partial charge in [0, 0.05) is 19.7 Å². The molecule has 1 aromatic heterocycles. The van der Waals surface area contributed by atoms with Crippen molar-refractivity contribution in [3.63, 3.8) is 0 Å². The lowest BCUT2D eigenvalue weighted by atomic mass is 9.93. The van der Waals surface area contributed by atoms with E-state index in [0.29, 0.717) is 22.6 Å². The molecule has 1 saturated heterocycles. The zero-order valence-corrected chi connectivity index (χ0v) is 17.5. The number of nitrogens with zero attached hydrogens (tertiary/aromatic N) is 2. The van der Waals surface area contributed by atoms with Crippen LogP contribution in [0.25, 0.3) is 0 Å². The van der Waals surface area contributed by atoms with Gasteiger partial charge in [0.1, 0.15) is 11.2 Å². The molecule has 2 aromatic rings. The van der Waals surface area contributed by atoms with Crippen molar-refractivity contribution >= 4 is 33.4 Å². The Morgan fingerprint density at radius 2 is 1.81 bits per heavy atom. The van der Waals surface area contributed by atoms with Gasteiger partial charge in [0.2, 0.25) is 0 Å². The molecule has 0 radical (unpaired) electrons. The lowest BCUT2D eigenvalue weighted by molar-refractivity contribution is -0.121. The summed E-state index contributed by atoms with van der Waals surface area (Å²) in [5.41, 5.74) is -6.36. The molecule has 1 atom stereocenters. The number of nitrogens with one attached hydrogen (secondary N) is 2. The van der Waals surface area contributed by atoms with Crippen LogP contribution in [0.2, 0.25) is 0 Å². The molecule has 0 saturated carbocycles. The lowest BCUT2D eigenvalue weighted by Gasteiger charge is -2.22. The largest absolute Gasteiger partial charge is 0.501 e. The monoisotopic (exact) mass is 470 g/mol. The highest BCUT2D eigenvalue weighted by Crippen LogP contribution is 2.33. The van der Waals surface area contributed by atoms with Gasteiger partial charge in [0.15, 0.2) is 0 Å². The summed E-state index contributed by atoms with van der Waals surface area (Å²) in [6.45, 7) is 1.45. The van der Waals surface area contributed by atoms with E-state index in [1.165, 1.54) is 26.2 Å². The van der Waals surface area contributed by atoms with Crippen LogP contribution in [0, 0.1) is 0 Å². The molecule has 32 heavy (non-hydrogen) atoms. The van der Waals surface area contributed by atoms with E-state index in [4.69, 9.17) is 0 Å². The van der Waals surface area contributed by atoms with Gasteiger partial charge in [0.25, 0.3) is 21.7 Å². The van der Waals surface area contributed by atoms with E-state index in [1.807, 2.05) is 0 Å². The maximum Gasteiger partial charge on any atom is 0.501 e. The minimum atomic E-state index is -5.56. The summed E-state index contributed by atoms with van der Waals surface area (Å²) in [5, 5.41) is 4.95. The first-order valence-corrected chi connectivity index (χ1v) is 10.5. The van der Waals surface area contributed by atoms with Crippen molar-refractivity contribution in [3.05, 3.63) is 53.9 Å². The van der Waals surface area contributed by atoms with E-state index < -0.39 is 43.6 Å². The second-order valence-electron chi connectivity index (χ2n) is 7.15. The van der Waals surface area contributed by atoms with E-state index in [9.17, 15) is 36.0 Å². The number of halogens is 3. The van der Waals surface area contributed by atoms with Crippen LogP contribution in [0.15, 0.2) is 47.5 Å². The first kappa shape index (κ1) is 23.2. The van der Waals surface area contributed by atoms with E-state index >= 15 is 0 Å². The number of benzene rings is 1. The third-order valence-electron chi connectivity index (χ3n) is 4.81. The number of sulfone groups is 1. The highest BCUT2D eigenvalue weighted by Gasteiger charge is 2.49. The summed E-state index contributed by atoms with van der Waals surface area (Å²) in [6.07, 6.45) is 1.38. The summed E-state index contributed by atoms with van der Waals surface area (Å²) >= 11 is 0. The zero-order valence-electron chi connectivity index (χ0n) is 16.7. The van der Waals surface area contributed by atoms with Crippen molar-refractivity contribution in [1.82, 2.24) is 15.6 Å². The Morgan fingerprint density at radius 3 is 2.38 bits per heavy atom. The number of anilines is 1. The number of carbonyl (C=O) groups excluding carboxylic acids is 3. The van der Waals surface area contributed by atoms with Gasteiger partial charge < -0.3 is 10.6 Å². The number of amides is 4. The Kier molecular flexibility index (Phi) is 5.72. The standard InChI is InChI=1S/C19H17F3N4O5S/c1-18(10-11-7-8-24-14(9-11)15(27)23-2)16(28)26(17(29)25-18)12-3-5-13(6-4-12)32(30,31)19(20,21)22/h3-9H,10H2,1-2H3,(H,23,27)(H,25,29). The molecule has 13 heteroatoms. The average molecular weight is 470 g/mol. The predicted molar refractivity (Wildman–Crippen MR) is 105 cm³/mol. The molecule has 170 valence electrons. The van der Waals surface area contributed by atoms with Gasteiger partial charge >= 0.3 is 11.5 Å². The van der Waals surface area contributed by atoms with Crippen LogP contribution in [0.5, 0.6) is 0 Å². The number of hydrogen-bond donors (Lipinski definition) is 2. The number of hydrogen-bond acceptors (Lipinski definition) is 6. The van der Waals surface area contributed by atoms with Crippen LogP contribution in [0.4, 0.5) is 23.7 Å². The summed E-state index contributed by atoms with van der Waals surface area (Å²) < 4.78 is 61.1. The maximum atomic E-state index is 13.0. The molecule has 1 aromatic carbocycles. The lowest BCUT2D eigenvalue weighted by Crippen LogP contribution is -2.46. The Bertz CT molecular complexity index is 1200. The maximum absolute atomic E-state index is 13.0. The molecule has 1 aliphatic rings. The van der Waals surface area contributed by atoms with Crippen LogP contribution < -0.4 is 15.5 Å². The normalized spacial score (nSPS) is 19.1. The molecular weight excluding hydrogens is 453 g/mol. The summed E-state index contributed by atoms with van der Waals surface area (Å²) in [5.74, 6) is -1.14. The second-order valence-corrected chi connectivity index (χ2v) is 9.09. The Morgan fingerprint density at radius 1 is 1.19 bits per heavy atom. The second kappa shape index (κ2) is 7.89. The molecule has 9 nitrogen and oxygen atoms in total. The first-order chi connectivity index (χ1) is 14.8. The van der Waals surface area contributed by atoms with Crippen molar-refractivity contribution in [2.24, 2.45) is 0 Å². The molecule has 2 heterocycles. The molecule has 2 N–H and O–H groups in total. The van der Waals surface area contributed by atoms with Gasteiger partial charge in [-0.3, -0.25) is 14.6 Å². The fourth-order valence-electron chi connectivity index (χ4n) is 3.19. The van der Waals surface area contributed by atoms with Crippen LogP contribution in [0.3, 0.4) is 0 Å². The van der Waals surface area contributed by atoms with Gasteiger partial charge in [-0.2, -0.15) is 13.2 Å². The van der Waals surface area contributed by atoms with Crippen molar-refractivity contribution in [1.29, 1.82) is 0 Å². The predicted octanol–water partition coefficient (Wildman–Crippen LogP) is 1.79. The minimum Gasteiger partial charge on any atom is -0.354 e. The molecule has 1 aliphatic heterocycles. The SMILES string of the molecule is CNC(=O)c1cc(CC2(C)NC(=O)N(c3ccc(S(=O)(=O)C(F)(F)F)cc3)C2=O)ccn1. The molecule has 0 aliphatic carbocycles. The quantitative estimate of drug-likeness (QED) is 0.642. The van der Waals surface area contributed by atoms with E-state index in [1.54, 1.807) is 6.07 Å². The number of carbonyl (C=O) groups is 3. The number of imide groups is 1. The Labute approximate surface area is 180 Å². The number of pyridine rings is 1. The van der Waals surface area contributed by atoms with Gasteiger partial charge in [-0.05, 0) is 48.9 Å².